The number of amides is 2. The molecule has 2 amide bonds. The highest BCUT2D eigenvalue weighted by Crippen LogP contribution is 2.40. The van der Waals surface area contributed by atoms with E-state index in [9.17, 15) is 9.18 Å². The molecule has 3 aromatic rings. The summed E-state index contributed by atoms with van der Waals surface area (Å²) in [5, 5.41) is 2.83. The van der Waals surface area contributed by atoms with Crippen molar-refractivity contribution in [3.63, 3.8) is 0 Å². The van der Waals surface area contributed by atoms with Gasteiger partial charge in [0, 0.05) is 37.9 Å². The Morgan fingerprint density at radius 3 is 2.50 bits per heavy atom. The number of benzene rings is 3. The van der Waals surface area contributed by atoms with Gasteiger partial charge in [-0.15, -0.1) is 0 Å². The van der Waals surface area contributed by atoms with Crippen molar-refractivity contribution in [1.82, 2.24) is 9.80 Å². The molecule has 2 heterocycles. The summed E-state index contributed by atoms with van der Waals surface area (Å²) in [5.41, 5.74) is 3.28. The molecule has 7 nitrogen and oxygen atoms in total. The van der Waals surface area contributed by atoms with Crippen molar-refractivity contribution < 1.29 is 18.7 Å². The fourth-order valence-corrected chi connectivity index (χ4v) is 4.09. The summed E-state index contributed by atoms with van der Waals surface area (Å²) < 4.78 is 24.8. The molecule has 8 heteroatoms. The minimum absolute atomic E-state index is 0.205. The minimum Gasteiger partial charge on any atom is -0.497 e. The van der Waals surface area contributed by atoms with Gasteiger partial charge in [-0.25, -0.2) is 14.2 Å². The molecule has 2 aliphatic rings. The second-order valence-corrected chi connectivity index (χ2v) is 8.28. The summed E-state index contributed by atoms with van der Waals surface area (Å²) in [7, 11) is 1.63. The van der Waals surface area contributed by atoms with Crippen molar-refractivity contribution in [3.8, 4) is 17.2 Å². The molecule has 3 aromatic carbocycles. The summed E-state index contributed by atoms with van der Waals surface area (Å²) in [6, 6.07) is 17.2. The number of anilines is 1. The van der Waals surface area contributed by atoms with Crippen molar-refractivity contribution in [2.24, 2.45) is 4.99 Å². The van der Waals surface area contributed by atoms with Crippen LogP contribution in [-0.4, -0.2) is 55.0 Å². The van der Waals surface area contributed by atoms with E-state index in [-0.39, 0.29) is 11.8 Å². The number of methoxy groups -OCH3 is 1. The Bertz CT molecular complexity index is 1250. The van der Waals surface area contributed by atoms with Crippen LogP contribution in [-0.2, 0) is 0 Å². The van der Waals surface area contributed by atoms with E-state index < -0.39 is 0 Å². The Morgan fingerprint density at radius 2 is 1.76 bits per heavy atom. The lowest BCUT2D eigenvalue weighted by Gasteiger charge is -2.36. The molecule has 0 radical (unpaired) electrons. The maximum atomic E-state index is 13.1. The molecular formula is C26H25FN4O3. The van der Waals surface area contributed by atoms with Crippen LogP contribution in [0.25, 0.3) is 0 Å². The van der Waals surface area contributed by atoms with Crippen LogP contribution in [0.1, 0.15) is 11.1 Å². The van der Waals surface area contributed by atoms with E-state index in [4.69, 9.17) is 14.5 Å². The number of hydrogen-bond acceptors (Lipinski definition) is 5. The van der Waals surface area contributed by atoms with Crippen LogP contribution >= 0.6 is 0 Å². The van der Waals surface area contributed by atoms with Crippen LogP contribution in [0.5, 0.6) is 17.2 Å². The zero-order chi connectivity index (χ0) is 23.7. The van der Waals surface area contributed by atoms with E-state index in [1.54, 1.807) is 24.1 Å². The molecule has 0 spiro atoms. The zero-order valence-electron chi connectivity index (χ0n) is 19.0. The number of urea groups is 1. The Kier molecular flexibility index (Phi) is 5.79. The Morgan fingerprint density at radius 1 is 1.00 bits per heavy atom. The number of carbonyl (C=O) groups is 1. The third-order valence-electron chi connectivity index (χ3n) is 5.95. The molecule has 174 valence electrons. The SMILES string of the molecule is COc1ccc2c(c1)Oc1cc(C)ccc1N=C2N1CCN(C(=O)Nc2ccc(F)cc2)CC1. The summed E-state index contributed by atoms with van der Waals surface area (Å²) in [4.78, 5) is 21.6. The number of piperazine rings is 1. The molecule has 0 saturated carbocycles. The van der Waals surface area contributed by atoms with Crippen molar-refractivity contribution in [2.45, 2.75) is 6.92 Å². The van der Waals surface area contributed by atoms with Gasteiger partial charge in [-0.3, -0.25) is 0 Å². The van der Waals surface area contributed by atoms with Gasteiger partial charge < -0.3 is 24.6 Å². The van der Waals surface area contributed by atoms with Crippen LogP contribution < -0.4 is 14.8 Å². The molecule has 1 fully saturated rings. The van der Waals surface area contributed by atoms with Gasteiger partial charge in [0.25, 0.3) is 0 Å². The van der Waals surface area contributed by atoms with Crippen LogP contribution in [0.4, 0.5) is 20.6 Å². The quantitative estimate of drug-likeness (QED) is 0.573. The Balaban J connectivity index is 1.37. The van der Waals surface area contributed by atoms with E-state index >= 15 is 0 Å². The maximum Gasteiger partial charge on any atom is 0.321 e. The van der Waals surface area contributed by atoms with E-state index in [0.29, 0.717) is 49.1 Å². The van der Waals surface area contributed by atoms with E-state index in [1.165, 1.54) is 12.1 Å². The number of amidine groups is 1. The van der Waals surface area contributed by atoms with Crippen molar-refractivity contribution in [2.75, 3.05) is 38.6 Å². The summed E-state index contributed by atoms with van der Waals surface area (Å²) >= 11 is 0. The van der Waals surface area contributed by atoms with Gasteiger partial charge in [-0.2, -0.15) is 0 Å². The van der Waals surface area contributed by atoms with Gasteiger partial charge in [0.05, 0.1) is 12.7 Å². The number of nitrogens with one attached hydrogen (secondary N) is 1. The van der Waals surface area contributed by atoms with Gasteiger partial charge in [0.1, 0.15) is 28.8 Å². The first-order chi connectivity index (χ1) is 16.5. The van der Waals surface area contributed by atoms with E-state index in [1.807, 2.05) is 43.3 Å². The van der Waals surface area contributed by atoms with Crippen LogP contribution in [0.2, 0.25) is 0 Å². The highest BCUT2D eigenvalue weighted by atomic mass is 19.1. The van der Waals surface area contributed by atoms with Gasteiger partial charge in [0.15, 0.2) is 5.75 Å². The normalized spacial score (nSPS) is 14.9. The molecule has 0 aromatic heterocycles. The number of aliphatic imine (C=N–C) groups is 1. The second kappa shape index (κ2) is 9.05. The number of halogens is 1. The lowest BCUT2D eigenvalue weighted by Crippen LogP contribution is -2.51. The zero-order valence-corrected chi connectivity index (χ0v) is 19.0. The fraction of sp³-hybridized carbons (Fsp3) is 0.231. The van der Waals surface area contributed by atoms with Crippen LogP contribution in [0, 0.1) is 12.7 Å². The predicted molar refractivity (Wildman–Crippen MR) is 129 cm³/mol. The fourth-order valence-electron chi connectivity index (χ4n) is 4.09. The molecule has 0 bridgehead atoms. The molecule has 34 heavy (non-hydrogen) atoms. The molecule has 0 unspecified atom stereocenters. The Labute approximate surface area is 197 Å². The van der Waals surface area contributed by atoms with Gasteiger partial charge in [0.2, 0.25) is 0 Å². The molecule has 5 rings (SSSR count). The summed E-state index contributed by atoms with van der Waals surface area (Å²) in [5.74, 6) is 2.55. The Hall–Kier alpha value is -4.07. The molecular weight excluding hydrogens is 435 g/mol. The summed E-state index contributed by atoms with van der Waals surface area (Å²) in [6.45, 7) is 4.30. The number of ether oxygens (including phenoxy) is 2. The number of aryl methyl sites for hydroxylation is 1. The number of rotatable bonds is 2. The monoisotopic (exact) mass is 460 g/mol. The van der Waals surface area contributed by atoms with Crippen molar-refractivity contribution in [1.29, 1.82) is 0 Å². The number of carbonyl (C=O) groups excluding carboxylic acids is 1. The third kappa shape index (κ3) is 4.39. The first-order valence-electron chi connectivity index (χ1n) is 11.1. The van der Waals surface area contributed by atoms with Crippen molar-refractivity contribution >= 4 is 23.2 Å². The van der Waals surface area contributed by atoms with Crippen molar-refractivity contribution in [3.05, 3.63) is 77.6 Å². The van der Waals surface area contributed by atoms with E-state index in [2.05, 4.69) is 10.2 Å². The van der Waals surface area contributed by atoms with Gasteiger partial charge in [-0.05, 0) is 61.0 Å². The molecule has 1 N–H and O–H groups in total. The lowest BCUT2D eigenvalue weighted by atomic mass is 10.1. The molecule has 1 saturated heterocycles. The number of fused-ring (bicyclic) bond motifs is 2. The first-order valence-corrected chi connectivity index (χ1v) is 11.1. The predicted octanol–water partition coefficient (Wildman–Crippen LogP) is 5.18. The minimum atomic E-state index is -0.339. The molecule has 0 aliphatic carbocycles. The number of hydrogen-bond donors (Lipinski definition) is 1. The van der Waals surface area contributed by atoms with Crippen LogP contribution in [0.3, 0.4) is 0 Å². The molecule has 2 aliphatic heterocycles. The van der Waals surface area contributed by atoms with Crippen LogP contribution in [0.15, 0.2) is 65.7 Å². The highest BCUT2D eigenvalue weighted by Gasteiger charge is 2.28. The number of nitrogens with zero attached hydrogens (tertiary/aromatic N) is 3. The average molecular weight is 461 g/mol. The topological polar surface area (TPSA) is 66.4 Å². The van der Waals surface area contributed by atoms with Gasteiger partial charge in [-0.1, -0.05) is 6.07 Å². The maximum absolute atomic E-state index is 13.1. The summed E-state index contributed by atoms with van der Waals surface area (Å²) in [6.07, 6.45) is 0. The lowest BCUT2D eigenvalue weighted by molar-refractivity contribution is 0.181. The van der Waals surface area contributed by atoms with E-state index in [0.717, 1.165) is 22.6 Å². The first kappa shape index (κ1) is 21.8. The average Bonchev–Trinajstić information content (AvgIpc) is 3.01. The third-order valence-corrected chi connectivity index (χ3v) is 5.95. The highest BCUT2D eigenvalue weighted by molar-refractivity contribution is 6.04. The van der Waals surface area contributed by atoms with Gasteiger partial charge >= 0.3 is 6.03 Å². The molecule has 0 atom stereocenters. The second-order valence-electron chi connectivity index (χ2n) is 8.28. The smallest absolute Gasteiger partial charge is 0.321 e. The largest absolute Gasteiger partial charge is 0.497 e. The standard InChI is InChI=1S/C26H25FN4O3/c1-17-3-10-22-24(15-17)34-23-16-20(33-2)8-9-21(23)25(29-22)30-11-13-31(14-12-30)26(32)28-19-6-4-18(27)5-7-19/h3-10,15-16H,11-14H2,1-2H3,(H,28,32).